The van der Waals surface area contributed by atoms with Crippen LogP contribution >= 0.6 is 0 Å². The van der Waals surface area contributed by atoms with Gasteiger partial charge in [-0.05, 0) is 30.2 Å². The summed E-state index contributed by atoms with van der Waals surface area (Å²) in [6, 6.07) is 15.2. The molecule has 0 radical (unpaired) electrons. The third-order valence-corrected chi connectivity index (χ3v) is 2.98. The highest BCUT2D eigenvalue weighted by Crippen LogP contribution is 2.18. The second-order valence-corrected chi connectivity index (χ2v) is 4.86. The third-order valence-electron chi connectivity index (χ3n) is 2.98. The Morgan fingerprint density at radius 2 is 1.84 bits per heavy atom. The largest absolute Gasteiger partial charge is 0.354 e. The fraction of sp³-hybridized carbons (Fsp3) is 0.312. The molecule has 0 aliphatic carbocycles. The van der Waals surface area contributed by atoms with E-state index in [0.29, 0.717) is 6.04 Å². The summed E-state index contributed by atoms with van der Waals surface area (Å²) in [4.78, 5) is 4.22. The molecule has 2 N–H and O–H groups in total. The van der Waals surface area contributed by atoms with Crippen molar-refractivity contribution in [2.24, 2.45) is 4.99 Å². The Balaban J connectivity index is 2.13. The number of nitrogens with one attached hydrogen (secondary N) is 2. The fourth-order valence-corrected chi connectivity index (χ4v) is 2.09. The van der Waals surface area contributed by atoms with Crippen molar-refractivity contribution in [1.29, 1.82) is 0 Å². The lowest BCUT2D eigenvalue weighted by atomic mass is 10.0. The predicted molar refractivity (Wildman–Crippen MR) is 82.4 cm³/mol. The molecule has 0 bridgehead atoms. The average Bonchev–Trinajstić information content (AvgIpc) is 2.43. The molecule has 3 nitrogen and oxygen atoms in total. The van der Waals surface area contributed by atoms with Gasteiger partial charge >= 0.3 is 0 Å². The Bertz CT molecular complexity index is 568. The van der Waals surface area contributed by atoms with E-state index in [1.807, 2.05) is 0 Å². The van der Waals surface area contributed by atoms with Gasteiger partial charge in [0.05, 0.1) is 0 Å². The van der Waals surface area contributed by atoms with Gasteiger partial charge in [-0.3, -0.25) is 4.99 Å². The summed E-state index contributed by atoms with van der Waals surface area (Å²) < 4.78 is 0. The van der Waals surface area contributed by atoms with Crippen LogP contribution in [0.25, 0.3) is 10.8 Å². The highest BCUT2D eigenvalue weighted by molar-refractivity contribution is 5.86. The van der Waals surface area contributed by atoms with Gasteiger partial charge in [-0.25, -0.2) is 0 Å². The molecule has 3 heteroatoms. The van der Waals surface area contributed by atoms with Crippen LogP contribution in [-0.4, -0.2) is 19.0 Å². The van der Waals surface area contributed by atoms with Crippen molar-refractivity contribution < 1.29 is 0 Å². The number of benzene rings is 2. The number of guanidine groups is 1. The zero-order valence-corrected chi connectivity index (χ0v) is 11.8. The lowest BCUT2D eigenvalue weighted by molar-refractivity contribution is 0.700. The Morgan fingerprint density at radius 3 is 2.58 bits per heavy atom. The van der Waals surface area contributed by atoms with Crippen LogP contribution < -0.4 is 10.6 Å². The third kappa shape index (κ3) is 3.47. The van der Waals surface area contributed by atoms with Crippen LogP contribution in [0.2, 0.25) is 0 Å². The number of hydrogen-bond acceptors (Lipinski definition) is 1. The summed E-state index contributed by atoms with van der Waals surface area (Å²) in [5, 5.41) is 9.20. The Morgan fingerprint density at radius 1 is 1.11 bits per heavy atom. The number of rotatable bonds is 3. The molecule has 2 rings (SSSR count). The van der Waals surface area contributed by atoms with E-state index in [-0.39, 0.29) is 0 Å². The first-order valence-electron chi connectivity index (χ1n) is 6.64. The van der Waals surface area contributed by atoms with E-state index in [0.717, 1.165) is 12.5 Å². The summed E-state index contributed by atoms with van der Waals surface area (Å²) in [6.07, 6.45) is 0. The zero-order chi connectivity index (χ0) is 13.7. The normalized spacial score (nSPS) is 11.9. The first-order valence-corrected chi connectivity index (χ1v) is 6.64. The van der Waals surface area contributed by atoms with Crippen molar-refractivity contribution in [2.75, 3.05) is 7.05 Å². The van der Waals surface area contributed by atoms with Gasteiger partial charge in [0.2, 0.25) is 0 Å². The molecule has 0 amide bonds. The molecule has 2 aromatic rings. The minimum Gasteiger partial charge on any atom is -0.354 e. The Labute approximate surface area is 114 Å². The van der Waals surface area contributed by atoms with Crippen molar-refractivity contribution in [2.45, 2.75) is 26.4 Å². The van der Waals surface area contributed by atoms with Gasteiger partial charge in [0.1, 0.15) is 0 Å². The number of fused-ring (bicyclic) bond motifs is 1. The first kappa shape index (κ1) is 13.4. The molecule has 19 heavy (non-hydrogen) atoms. The number of nitrogens with zero attached hydrogens (tertiary/aromatic N) is 1. The molecular formula is C16H21N3. The van der Waals surface area contributed by atoms with Gasteiger partial charge in [-0.2, -0.15) is 0 Å². The quantitative estimate of drug-likeness (QED) is 0.653. The second kappa shape index (κ2) is 6.23. The van der Waals surface area contributed by atoms with Crippen LogP contribution in [0.1, 0.15) is 19.4 Å². The standard InChI is InChI=1S/C16H21N3/c1-12(2)19-16(17-3)18-11-14-9-6-8-13-7-4-5-10-15(13)14/h4-10,12H,11H2,1-3H3,(H2,17,18,19). The van der Waals surface area contributed by atoms with E-state index < -0.39 is 0 Å². The van der Waals surface area contributed by atoms with Crippen LogP contribution in [0.3, 0.4) is 0 Å². The maximum absolute atomic E-state index is 4.22. The topological polar surface area (TPSA) is 36.4 Å². The van der Waals surface area contributed by atoms with Gasteiger partial charge in [0.25, 0.3) is 0 Å². The van der Waals surface area contributed by atoms with Crippen LogP contribution in [0, 0.1) is 0 Å². The summed E-state index contributed by atoms with van der Waals surface area (Å²) >= 11 is 0. The molecule has 2 aromatic carbocycles. The highest BCUT2D eigenvalue weighted by Gasteiger charge is 2.03. The van der Waals surface area contributed by atoms with E-state index in [1.165, 1.54) is 16.3 Å². The number of hydrogen-bond donors (Lipinski definition) is 2. The van der Waals surface area contributed by atoms with Crippen molar-refractivity contribution in [3.63, 3.8) is 0 Å². The Hall–Kier alpha value is -2.03. The zero-order valence-electron chi connectivity index (χ0n) is 11.8. The molecule has 0 saturated heterocycles. The van der Waals surface area contributed by atoms with E-state index in [1.54, 1.807) is 7.05 Å². The summed E-state index contributed by atoms with van der Waals surface area (Å²) in [5.41, 5.74) is 1.28. The lowest BCUT2D eigenvalue weighted by Gasteiger charge is -2.15. The van der Waals surface area contributed by atoms with Crippen LogP contribution in [0.15, 0.2) is 47.5 Å². The smallest absolute Gasteiger partial charge is 0.191 e. The van der Waals surface area contributed by atoms with Crippen molar-refractivity contribution >= 4 is 16.7 Å². The highest BCUT2D eigenvalue weighted by atomic mass is 15.2. The SMILES string of the molecule is CN=C(NCc1cccc2ccccc12)NC(C)C. The summed E-state index contributed by atoms with van der Waals surface area (Å²) in [5.74, 6) is 0.836. The van der Waals surface area contributed by atoms with Gasteiger partial charge in [0.15, 0.2) is 5.96 Å². The molecule has 0 heterocycles. The molecule has 0 saturated carbocycles. The minimum atomic E-state index is 0.374. The van der Waals surface area contributed by atoms with E-state index >= 15 is 0 Å². The predicted octanol–water partition coefficient (Wildman–Crippen LogP) is 2.91. The van der Waals surface area contributed by atoms with Crippen LogP contribution in [0.5, 0.6) is 0 Å². The molecular weight excluding hydrogens is 234 g/mol. The summed E-state index contributed by atoms with van der Waals surface area (Å²) in [7, 11) is 1.79. The lowest BCUT2D eigenvalue weighted by Crippen LogP contribution is -2.40. The van der Waals surface area contributed by atoms with E-state index in [4.69, 9.17) is 0 Å². The van der Waals surface area contributed by atoms with Gasteiger partial charge in [0, 0.05) is 19.6 Å². The minimum absolute atomic E-state index is 0.374. The Kier molecular flexibility index (Phi) is 4.39. The number of aliphatic imine (C=N–C) groups is 1. The van der Waals surface area contributed by atoms with Crippen LogP contribution in [0.4, 0.5) is 0 Å². The van der Waals surface area contributed by atoms with Crippen molar-refractivity contribution in [3.8, 4) is 0 Å². The molecule has 0 aromatic heterocycles. The average molecular weight is 255 g/mol. The van der Waals surface area contributed by atoms with Gasteiger partial charge in [-0.15, -0.1) is 0 Å². The maximum Gasteiger partial charge on any atom is 0.191 e. The first-order chi connectivity index (χ1) is 9.20. The molecule has 0 unspecified atom stereocenters. The van der Waals surface area contributed by atoms with Gasteiger partial charge in [-0.1, -0.05) is 42.5 Å². The molecule has 0 spiro atoms. The van der Waals surface area contributed by atoms with E-state index in [2.05, 4.69) is 71.9 Å². The van der Waals surface area contributed by atoms with E-state index in [9.17, 15) is 0 Å². The van der Waals surface area contributed by atoms with Crippen molar-refractivity contribution in [3.05, 3.63) is 48.0 Å². The molecule has 0 fully saturated rings. The fourth-order valence-electron chi connectivity index (χ4n) is 2.09. The van der Waals surface area contributed by atoms with Gasteiger partial charge < -0.3 is 10.6 Å². The van der Waals surface area contributed by atoms with Crippen LogP contribution in [-0.2, 0) is 6.54 Å². The second-order valence-electron chi connectivity index (χ2n) is 4.86. The maximum atomic E-state index is 4.22. The molecule has 100 valence electrons. The molecule has 0 aliphatic rings. The summed E-state index contributed by atoms with van der Waals surface area (Å²) in [6.45, 7) is 4.98. The van der Waals surface area contributed by atoms with Crippen molar-refractivity contribution in [1.82, 2.24) is 10.6 Å². The monoisotopic (exact) mass is 255 g/mol. The molecule has 0 atom stereocenters. The molecule has 0 aliphatic heterocycles.